The van der Waals surface area contributed by atoms with Gasteiger partial charge in [-0.05, 0) is 31.2 Å². The quantitative estimate of drug-likeness (QED) is 0.538. The third-order valence-corrected chi connectivity index (χ3v) is 5.43. The number of nitrogens with one attached hydrogen (secondary N) is 1. The third kappa shape index (κ3) is 5.31. The molecule has 31 heavy (non-hydrogen) atoms. The second kappa shape index (κ2) is 9.32. The summed E-state index contributed by atoms with van der Waals surface area (Å²) < 4.78 is 41.0. The van der Waals surface area contributed by atoms with Crippen molar-refractivity contribution in [1.29, 1.82) is 5.26 Å². The van der Waals surface area contributed by atoms with Crippen molar-refractivity contribution in [3.05, 3.63) is 64.2 Å². The molecule has 3 rings (SSSR count). The van der Waals surface area contributed by atoms with Gasteiger partial charge < -0.3 is 4.90 Å². The average Bonchev–Trinajstić information content (AvgIpc) is 3.13. The summed E-state index contributed by atoms with van der Waals surface area (Å²) in [6, 6.07) is 8.63. The van der Waals surface area contributed by atoms with Crippen LogP contribution < -0.4 is 9.62 Å². The highest BCUT2D eigenvalue weighted by molar-refractivity contribution is 7.97. The molecular weight excluding hydrogens is 449 g/mol. The smallest absolute Gasteiger partial charge is 0.312 e. The summed E-state index contributed by atoms with van der Waals surface area (Å²) in [5, 5.41) is 9.49. The number of hydrogen-bond donors (Lipinski definition) is 1. The summed E-state index contributed by atoms with van der Waals surface area (Å²) in [4.78, 5) is 26.4. The van der Waals surface area contributed by atoms with Crippen LogP contribution >= 0.6 is 23.3 Å². The van der Waals surface area contributed by atoms with E-state index in [-0.39, 0.29) is 23.8 Å². The SMILES string of the molecule is CSNC(=O)c1nc(N(Cc2cnc(C(F)(F)F)cn2)c2ccc(C#N)cc2)sc1C. The second-order valence-corrected chi connectivity index (χ2v) is 7.97. The van der Waals surface area contributed by atoms with E-state index in [1.165, 1.54) is 11.3 Å². The molecule has 1 N–H and O–H groups in total. The van der Waals surface area contributed by atoms with Crippen molar-refractivity contribution in [3.63, 3.8) is 0 Å². The van der Waals surface area contributed by atoms with Crippen molar-refractivity contribution in [2.75, 3.05) is 11.2 Å². The second-order valence-electron chi connectivity index (χ2n) is 6.17. The van der Waals surface area contributed by atoms with Crippen molar-refractivity contribution in [3.8, 4) is 6.07 Å². The van der Waals surface area contributed by atoms with Gasteiger partial charge in [-0.15, -0.1) is 11.3 Å². The number of rotatable bonds is 6. The molecule has 0 bridgehead atoms. The number of anilines is 2. The predicted molar refractivity (Wildman–Crippen MR) is 112 cm³/mol. The third-order valence-electron chi connectivity index (χ3n) is 4.05. The molecule has 12 heteroatoms. The molecule has 0 unspecified atom stereocenters. The van der Waals surface area contributed by atoms with Gasteiger partial charge in [0.05, 0.1) is 36.3 Å². The first-order valence-corrected chi connectivity index (χ1v) is 10.7. The molecule has 2 aromatic heterocycles. The molecule has 0 spiro atoms. The summed E-state index contributed by atoms with van der Waals surface area (Å²) in [7, 11) is 0. The number of halogens is 3. The summed E-state index contributed by atoms with van der Waals surface area (Å²) in [6.07, 6.45) is -1.13. The van der Waals surface area contributed by atoms with Crippen LogP contribution in [0.2, 0.25) is 0 Å². The molecule has 3 aromatic rings. The van der Waals surface area contributed by atoms with Crippen LogP contribution in [0.3, 0.4) is 0 Å². The Morgan fingerprint density at radius 1 is 1.26 bits per heavy atom. The van der Waals surface area contributed by atoms with Crippen molar-refractivity contribution in [2.45, 2.75) is 19.6 Å². The molecule has 0 saturated heterocycles. The van der Waals surface area contributed by atoms with Gasteiger partial charge in [0.25, 0.3) is 5.91 Å². The van der Waals surface area contributed by atoms with Gasteiger partial charge in [-0.2, -0.15) is 18.4 Å². The number of benzene rings is 1. The fourth-order valence-electron chi connectivity index (χ4n) is 2.58. The van der Waals surface area contributed by atoms with Crippen molar-refractivity contribution in [2.24, 2.45) is 0 Å². The predicted octanol–water partition coefficient (Wildman–Crippen LogP) is 4.48. The van der Waals surface area contributed by atoms with Gasteiger partial charge in [-0.3, -0.25) is 14.5 Å². The Kier molecular flexibility index (Phi) is 6.77. The molecule has 0 aliphatic heterocycles. The van der Waals surface area contributed by atoms with Gasteiger partial charge in [0, 0.05) is 16.8 Å². The lowest BCUT2D eigenvalue weighted by Crippen LogP contribution is -2.20. The maximum Gasteiger partial charge on any atom is 0.434 e. The lowest BCUT2D eigenvalue weighted by Gasteiger charge is -2.21. The van der Waals surface area contributed by atoms with Gasteiger partial charge in [-0.25, -0.2) is 9.97 Å². The lowest BCUT2D eigenvalue weighted by molar-refractivity contribution is -0.141. The van der Waals surface area contributed by atoms with Gasteiger partial charge in [-0.1, -0.05) is 11.9 Å². The number of aromatic nitrogens is 3. The van der Waals surface area contributed by atoms with E-state index in [1.807, 2.05) is 6.07 Å². The van der Waals surface area contributed by atoms with Crippen LogP contribution in [0.4, 0.5) is 24.0 Å². The largest absolute Gasteiger partial charge is 0.434 e. The molecular formula is C19H15F3N6OS2. The number of amides is 1. The van der Waals surface area contributed by atoms with Crippen LogP contribution in [0.25, 0.3) is 0 Å². The van der Waals surface area contributed by atoms with Crippen molar-refractivity contribution < 1.29 is 18.0 Å². The summed E-state index contributed by atoms with van der Waals surface area (Å²) in [5.74, 6) is -0.346. The van der Waals surface area contributed by atoms with Crippen LogP contribution in [0.15, 0.2) is 36.7 Å². The molecule has 2 heterocycles. The summed E-state index contributed by atoms with van der Waals surface area (Å²) >= 11 is 2.41. The first-order valence-electron chi connectivity index (χ1n) is 8.69. The fourth-order valence-corrected chi connectivity index (χ4v) is 3.79. The summed E-state index contributed by atoms with van der Waals surface area (Å²) in [6.45, 7) is 1.82. The molecule has 1 aromatic carbocycles. The number of aryl methyl sites for hydroxylation is 1. The molecule has 160 valence electrons. The number of thiazole rings is 1. The summed E-state index contributed by atoms with van der Waals surface area (Å²) in [5.41, 5.74) is 0.536. The zero-order valence-electron chi connectivity index (χ0n) is 16.3. The van der Waals surface area contributed by atoms with E-state index in [0.717, 1.165) is 18.1 Å². The number of nitriles is 1. The molecule has 7 nitrogen and oxygen atoms in total. The average molecular weight is 464 g/mol. The highest BCUT2D eigenvalue weighted by Crippen LogP contribution is 2.33. The van der Waals surface area contributed by atoms with Crippen LogP contribution in [0.1, 0.15) is 32.3 Å². The monoisotopic (exact) mass is 464 g/mol. The Labute approximate surface area is 184 Å². The van der Waals surface area contributed by atoms with E-state index in [1.54, 1.807) is 42.3 Å². The van der Waals surface area contributed by atoms with E-state index < -0.39 is 11.9 Å². The van der Waals surface area contributed by atoms with Gasteiger partial charge in [0.1, 0.15) is 5.69 Å². The van der Waals surface area contributed by atoms with Crippen LogP contribution in [0, 0.1) is 18.3 Å². The first-order chi connectivity index (χ1) is 14.7. The minimum Gasteiger partial charge on any atom is -0.312 e. The Balaban J connectivity index is 1.98. The Morgan fingerprint density at radius 2 is 1.97 bits per heavy atom. The topological polar surface area (TPSA) is 94.8 Å². The Bertz CT molecular complexity index is 1110. The lowest BCUT2D eigenvalue weighted by atomic mass is 10.2. The molecule has 0 saturated carbocycles. The number of hydrogen-bond acceptors (Lipinski definition) is 8. The molecule has 0 atom stereocenters. The normalized spacial score (nSPS) is 11.1. The highest BCUT2D eigenvalue weighted by Gasteiger charge is 2.33. The maximum atomic E-state index is 12.8. The van der Waals surface area contributed by atoms with E-state index in [2.05, 4.69) is 19.7 Å². The number of carbonyl (C=O) groups excluding carboxylic acids is 1. The van der Waals surface area contributed by atoms with Crippen LogP contribution in [0.5, 0.6) is 0 Å². The van der Waals surface area contributed by atoms with E-state index >= 15 is 0 Å². The molecule has 0 radical (unpaired) electrons. The maximum absolute atomic E-state index is 12.8. The number of carbonyl (C=O) groups is 1. The standard InChI is InChI=1S/C19H15F3N6OS2/c1-11-16(17(29)27-30-2)26-18(31-11)28(14-5-3-12(7-23)4-6-14)10-13-8-25-15(9-24-13)19(20,21)22/h3-6,8-9H,10H2,1-2H3,(H,27,29). The van der Waals surface area contributed by atoms with Gasteiger partial charge in [0.15, 0.2) is 10.8 Å². The van der Waals surface area contributed by atoms with Crippen LogP contribution in [-0.4, -0.2) is 27.1 Å². The number of nitrogens with zero attached hydrogens (tertiary/aromatic N) is 5. The molecule has 0 fully saturated rings. The zero-order chi connectivity index (χ0) is 22.6. The fraction of sp³-hybridized carbons (Fsp3) is 0.211. The first kappa shape index (κ1) is 22.5. The highest BCUT2D eigenvalue weighted by atomic mass is 32.2. The molecule has 0 aliphatic rings. The van der Waals surface area contributed by atoms with E-state index in [4.69, 9.17) is 5.26 Å². The van der Waals surface area contributed by atoms with Gasteiger partial charge in [0.2, 0.25) is 0 Å². The van der Waals surface area contributed by atoms with E-state index in [0.29, 0.717) is 27.5 Å². The van der Waals surface area contributed by atoms with Gasteiger partial charge >= 0.3 is 6.18 Å². The van der Waals surface area contributed by atoms with Crippen molar-refractivity contribution in [1.82, 2.24) is 19.7 Å². The van der Waals surface area contributed by atoms with E-state index in [9.17, 15) is 18.0 Å². The molecule has 1 amide bonds. The number of alkyl halides is 3. The Hall–Kier alpha value is -3.17. The molecule has 0 aliphatic carbocycles. The zero-order valence-corrected chi connectivity index (χ0v) is 17.9. The Morgan fingerprint density at radius 3 is 2.52 bits per heavy atom. The minimum absolute atomic E-state index is 0.0631. The van der Waals surface area contributed by atoms with Crippen molar-refractivity contribution >= 4 is 40.0 Å². The van der Waals surface area contributed by atoms with Crippen LogP contribution in [-0.2, 0) is 12.7 Å². The minimum atomic E-state index is -4.58.